The number of thiazole rings is 2. The van der Waals surface area contributed by atoms with Gasteiger partial charge < -0.3 is 5.73 Å². The van der Waals surface area contributed by atoms with Crippen LogP contribution in [0.4, 0.5) is 0 Å². The predicted octanol–water partition coefficient (Wildman–Crippen LogP) is 3.39. The molecule has 2 N–H and O–H groups in total. The molecule has 0 aliphatic heterocycles. The molecule has 0 amide bonds. The molecule has 18 heavy (non-hydrogen) atoms. The van der Waals surface area contributed by atoms with E-state index in [0.717, 1.165) is 20.5 Å². The Kier molecular flexibility index (Phi) is 3.19. The predicted molar refractivity (Wildman–Crippen MR) is 76.5 cm³/mol. The van der Waals surface area contributed by atoms with Crippen molar-refractivity contribution < 1.29 is 0 Å². The first-order valence-corrected chi connectivity index (χ1v) is 7.22. The van der Waals surface area contributed by atoms with Crippen molar-refractivity contribution in [1.82, 2.24) is 9.97 Å². The van der Waals surface area contributed by atoms with Crippen LogP contribution < -0.4 is 5.73 Å². The van der Waals surface area contributed by atoms with Gasteiger partial charge in [-0.3, -0.25) is 4.98 Å². The molecule has 0 saturated heterocycles. The summed E-state index contributed by atoms with van der Waals surface area (Å²) in [5.74, 6) is 0. The molecule has 0 radical (unpaired) electrons. The maximum absolute atomic E-state index is 5.79. The van der Waals surface area contributed by atoms with Crippen LogP contribution in [0.3, 0.4) is 0 Å². The lowest BCUT2D eigenvalue weighted by molar-refractivity contribution is 1.02. The topological polar surface area (TPSA) is 51.8 Å². The first-order chi connectivity index (χ1) is 8.88. The fourth-order valence-corrected chi connectivity index (χ4v) is 3.51. The molecular weight excluding hydrogens is 262 g/mol. The number of rotatable bonds is 3. The van der Waals surface area contributed by atoms with Crippen LogP contribution in [0.25, 0.3) is 20.3 Å². The summed E-state index contributed by atoms with van der Waals surface area (Å²) in [5, 5.41) is 0.997. The smallest absolute Gasteiger partial charge is 0.135 e. The van der Waals surface area contributed by atoms with Crippen LogP contribution >= 0.6 is 22.7 Å². The van der Waals surface area contributed by atoms with Crippen molar-refractivity contribution >= 4 is 22.7 Å². The van der Waals surface area contributed by atoms with E-state index in [1.54, 1.807) is 22.7 Å². The van der Waals surface area contributed by atoms with Gasteiger partial charge >= 0.3 is 0 Å². The molecule has 0 bridgehead atoms. The molecule has 5 heteroatoms. The number of hydrogen-bond donors (Lipinski definition) is 1. The SMILES string of the molecule is NCc1nc(-c2cncs2)sc1-c1ccccc1. The van der Waals surface area contributed by atoms with Crippen LogP contribution in [0.15, 0.2) is 42.0 Å². The Hall–Kier alpha value is -1.56. The first kappa shape index (κ1) is 11.5. The van der Waals surface area contributed by atoms with E-state index in [2.05, 4.69) is 22.1 Å². The van der Waals surface area contributed by atoms with Crippen molar-refractivity contribution in [3.8, 4) is 20.3 Å². The summed E-state index contributed by atoms with van der Waals surface area (Å²) in [6.45, 7) is 0.458. The van der Waals surface area contributed by atoms with Crippen LogP contribution in [0.2, 0.25) is 0 Å². The summed E-state index contributed by atoms with van der Waals surface area (Å²) in [6.07, 6.45) is 1.85. The molecule has 2 heterocycles. The molecule has 90 valence electrons. The van der Waals surface area contributed by atoms with Crippen molar-refractivity contribution in [3.05, 3.63) is 47.7 Å². The summed E-state index contributed by atoms with van der Waals surface area (Å²) in [7, 11) is 0. The van der Waals surface area contributed by atoms with Gasteiger partial charge in [-0.1, -0.05) is 30.3 Å². The van der Waals surface area contributed by atoms with Crippen molar-refractivity contribution in [2.24, 2.45) is 5.73 Å². The quantitative estimate of drug-likeness (QED) is 0.795. The molecule has 0 atom stereocenters. The van der Waals surface area contributed by atoms with Gasteiger partial charge in [0.25, 0.3) is 0 Å². The van der Waals surface area contributed by atoms with Gasteiger partial charge in [0.1, 0.15) is 5.01 Å². The molecule has 1 aromatic carbocycles. The highest BCUT2D eigenvalue weighted by Crippen LogP contribution is 2.36. The molecule has 0 aliphatic rings. The van der Waals surface area contributed by atoms with Crippen molar-refractivity contribution in [2.75, 3.05) is 0 Å². The summed E-state index contributed by atoms with van der Waals surface area (Å²) >= 11 is 3.27. The van der Waals surface area contributed by atoms with E-state index in [4.69, 9.17) is 5.73 Å². The van der Waals surface area contributed by atoms with Gasteiger partial charge in [-0.15, -0.1) is 22.7 Å². The lowest BCUT2D eigenvalue weighted by atomic mass is 10.1. The number of benzene rings is 1. The standard InChI is InChI=1S/C13H11N3S2/c14-6-10-12(9-4-2-1-3-5-9)18-13(16-10)11-7-15-8-17-11/h1-5,7-8H,6,14H2. The average Bonchev–Trinajstić information content (AvgIpc) is 3.08. The summed E-state index contributed by atoms with van der Waals surface area (Å²) in [5.41, 5.74) is 9.73. The second-order valence-corrected chi connectivity index (χ2v) is 5.62. The first-order valence-electron chi connectivity index (χ1n) is 5.52. The highest BCUT2D eigenvalue weighted by molar-refractivity contribution is 7.22. The Morgan fingerprint density at radius 1 is 1.17 bits per heavy atom. The molecule has 0 saturated carbocycles. The zero-order valence-electron chi connectivity index (χ0n) is 9.54. The van der Waals surface area contributed by atoms with Gasteiger partial charge in [-0.25, -0.2) is 4.98 Å². The van der Waals surface area contributed by atoms with Crippen LogP contribution in [-0.2, 0) is 6.54 Å². The number of nitrogens with two attached hydrogens (primary N) is 1. The molecular formula is C13H11N3S2. The lowest BCUT2D eigenvalue weighted by Crippen LogP contribution is -1.98. The van der Waals surface area contributed by atoms with Gasteiger partial charge in [-0.2, -0.15) is 0 Å². The Labute approximate surface area is 113 Å². The summed E-state index contributed by atoms with van der Waals surface area (Å²) < 4.78 is 0. The number of hydrogen-bond acceptors (Lipinski definition) is 5. The van der Waals surface area contributed by atoms with E-state index >= 15 is 0 Å². The Bertz CT molecular complexity index is 630. The van der Waals surface area contributed by atoms with Gasteiger partial charge in [0.05, 0.1) is 21.0 Å². The van der Waals surface area contributed by atoms with Crippen molar-refractivity contribution in [1.29, 1.82) is 0 Å². The van der Waals surface area contributed by atoms with E-state index in [1.807, 2.05) is 29.9 Å². The molecule has 3 aromatic rings. The number of nitrogens with zero attached hydrogens (tertiary/aromatic N) is 2. The Balaban J connectivity index is 2.10. The highest BCUT2D eigenvalue weighted by atomic mass is 32.1. The Morgan fingerprint density at radius 2 is 2.00 bits per heavy atom. The van der Waals surface area contributed by atoms with E-state index in [9.17, 15) is 0 Å². The Morgan fingerprint density at radius 3 is 2.67 bits per heavy atom. The van der Waals surface area contributed by atoms with Gasteiger partial charge in [0.15, 0.2) is 0 Å². The third-order valence-corrected chi connectivity index (χ3v) is 4.66. The van der Waals surface area contributed by atoms with E-state index in [0.29, 0.717) is 6.54 Å². The van der Waals surface area contributed by atoms with Crippen LogP contribution in [0, 0.1) is 0 Å². The van der Waals surface area contributed by atoms with E-state index in [-0.39, 0.29) is 0 Å². The number of aromatic nitrogens is 2. The molecule has 0 fully saturated rings. The minimum Gasteiger partial charge on any atom is -0.325 e. The minimum atomic E-state index is 0.458. The molecule has 0 aliphatic carbocycles. The van der Waals surface area contributed by atoms with Gasteiger partial charge in [0, 0.05) is 12.7 Å². The summed E-state index contributed by atoms with van der Waals surface area (Å²) in [4.78, 5) is 10.9. The van der Waals surface area contributed by atoms with Crippen molar-refractivity contribution in [2.45, 2.75) is 6.54 Å². The van der Waals surface area contributed by atoms with E-state index < -0.39 is 0 Å². The third kappa shape index (κ3) is 2.08. The van der Waals surface area contributed by atoms with Crippen LogP contribution in [0.1, 0.15) is 5.69 Å². The summed E-state index contributed by atoms with van der Waals surface area (Å²) in [6, 6.07) is 10.2. The van der Waals surface area contributed by atoms with Crippen molar-refractivity contribution in [3.63, 3.8) is 0 Å². The molecule has 0 spiro atoms. The zero-order chi connectivity index (χ0) is 12.4. The zero-order valence-corrected chi connectivity index (χ0v) is 11.2. The van der Waals surface area contributed by atoms with Gasteiger partial charge in [0.2, 0.25) is 0 Å². The highest BCUT2D eigenvalue weighted by Gasteiger charge is 2.13. The van der Waals surface area contributed by atoms with Crippen LogP contribution in [0.5, 0.6) is 0 Å². The molecule has 0 unspecified atom stereocenters. The second-order valence-electron chi connectivity index (χ2n) is 3.73. The third-order valence-electron chi connectivity index (χ3n) is 2.57. The van der Waals surface area contributed by atoms with E-state index in [1.165, 1.54) is 5.56 Å². The molecule has 3 rings (SSSR count). The largest absolute Gasteiger partial charge is 0.325 e. The fraction of sp³-hybridized carbons (Fsp3) is 0.0769. The normalized spacial score (nSPS) is 10.7. The molecule has 2 aromatic heterocycles. The minimum absolute atomic E-state index is 0.458. The second kappa shape index (κ2) is 4.97. The maximum atomic E-state index is 5.79. The maximum Gasteiger partial charge on any atom is 0.135 e. The molecule has 3 nitrogen and oxygen atoms in total. The van der Waals surface area contributed by atoms with Gasteiger partial charge in [-0.05, 0) is 5.56 Å². The fourth-order valence-electron chi connectivity index (χ4n) is 1.73. The monoisotopic (exact) mass is 273 g/mol. The van der Waals surface area contributed by atoms with Crippen LogP contribution in [-0.4, -0.2) is 9.97 Å². The average molecular weight is 273 g/mol. The lowest BCUT2D eigenvalue weighted by Gasteiger charge is -1.98.